The van der Waals surface area contributed by atoms with E-state index in [-0.39, 0.29) is 5.75 Å². The van der Waals surface area contributed by atoms with Crippen molar-refractivity contribution in [3.63, 3.8) is 0 Å². The molecule has 3 N–H and O–H groups in total. The molecule has 2 rings (SSSR count). The third-order valence-corrected chi connectivity index (χ3v) is 2.63. The highest BCUT2D eigenvalue weighted by atomic mass is 19.4. The molecule has 21 heavy (non-hydrogen) atoms. The zero-order valence-electron chi connectivity index (χ0n) is 11.1. The Labute approximate surface area is 119 Å². The molecule has 0 saturated carbocycles. The summed E-state index contributed by atoms with van der Waals surface area (Å²) < 4.78 is 45.0. The number of nitrogen functional groups attached to an aromatic ring is 1. The van der Waals surface area contributed by atoms with Crippen LogP contribution in [-0.4, -0.2) is 13.5 Å². The van der Waals surface area contributed by atoms with Gasteiger partial charge in [-0.3, -0.25) is 0 Å². The molecule has 4 nitrogen and oxygen atoms in total. The first-order valence-electron chi connectivity index (χ1n) is 5.94. The summed E-state index contributed by atoms with van der Waals surface area (Å²) in [7, 11) is 1.53. The Kier molecular flexibility index (Phi) is 4.11. The Morgan fingerprint density at radius 2 is 1.62 bits per heavy atom. The van der Waals surface area contributed by atoms with Crippen LogP contribution in [0.15, 0.2) is 42.5 Å². The van der Waals surface area contributed by atoms with Crippen LogP contribution >= 0.6 is 0 Å². The van der Waals surface area contributed by atoms with Crippen LogP contribution in [-0.2, 0) is 0 Å². The summed E-state index contributed by atoms with van der Waals surface area (Å²) in [6.07, 6.45) is -4.70. The van der Waals surface area contributed by atoms with Gasteiger partial charge in [0.15, 0.2) is 0 Å². The SMILES string of the molecule is COc1ccc(Nc2ccc(OC(F)(F)F)cc2)c(N)c1. The Morgan fingerprint density at radius 1 is 1.00 bits per heavy atom. The van der Waals surface area contributed by atoms with Gasteiger partial charge in [0.2, 0.25) is 0 Å². The maximum atomic E-state index is 12.0. The van der Waals surface area contributed by atoms with E-state index in [0.717, 1.165) is 0 Å². The van der Waals surface area contributed by atoms with Gasteiger partial charge in [0.05, 0.1) is 18.5 Å². The van der Waals surface area contributed by atoms with Gasteiger partial charge in [0.1, 0.15) is 11.5 Å². The number of alkyl halides is 3. The van der Waals surface area contributed by atoms with Crippen molar-refractivity contribution >= 4 is 17.1 Å². The van der Waals surface area contributed by atoms with E-state index in [0.29, 0.717) is 22.8 Å². The fourth-order valence-corrected chi connectivity index (χ4v) is 1.68. The predicted octanol–water partition coefficient (Wildman–Crippen LogP) is 3.92. The number of hydrogen-bond acceptors (Lipinski definition) is 4. The van der Waals surface area contributed by atoms with Gasteiger partial charge < -0.3 is 20.5 Å². The number of methoxy groups -OCH3 is 1. The summed E-state index contributed by atoms with van der Waals surface area (Å²) in [5.74, 6) is 0.336. The van der Waals surface area contributed by atoms with E-state index < -0.39 is 6.36 Å². The van der Waals surface area contributed by atoms with E-state index in [4.69, 9.17) is 10.5 Å². The molecule has 0 bridgehead atoms. The summed E-state index contributed by atoms with van der Waals surface area (Å²) in [4.78, 5) is 0. The van der Waals surface area contributed by atoms with E-state index in [1.807, 2.05) is 0 Å². The average molecular weight is 298 g/mol. The van der Waals surface area contributed by atoms with Crippen LogP contribution in [0.3, 0.4) is 0 Å². The molecule has 0 unspecified atom stereocenters. The first-order valence-corrected chi connectivity index (χ1v) is 5.94. The van der Waals surface area contributed by atoms with Crippen LogP contribution < -0.4 is 20.5 Å². The number of rotatable bonds is 4. The normalized spacial score (nSPS) is 11.0. The first-order chi connectivity index (χ1) is 9.87. The summed E-state index contributed by atoms with van der Waals surface area (Å²) in [5.41, 5.74) is 7.51. The van der Waals surface area contributed by atoms with Crippen LogP contribution in [0.2, 0.25) is 0 Å². The van der Waals surface area contributed by atoms with Gasteiger partial charge in [-0.1, -0.05) is 0 Å². The quantitative estimate of drug-likeness (QED) is 0.840. The number of nitrogens with two attached hydrogens (primary N) is 1. The number of hydrogen-bond donors (Lipinski definition) is 2. The van der Waals surface area contributed by atoms with Gasteiger partial charge in [-0.05, 0) is 36.4 Å². The Balaban J connectivity index is 2.10. The molecule has 0 aliphatic carbocycles. The zero-order valence-corrected chi connectivity index (χ0v) is 11.1. The van der Waals surface area contributed by atoms with Gasteiger partial charge >= 0.3 is 6.36 Å². The van der Waals surface area contributed by atoms with Crippen molar-refractivity contribution in [3.05, 3.63) is 42.5 Å². The summed E-state index contributed by atoms with van der Waals surface area (Å²) in [5, 5.41) is 3.00. The van der Waals surface area contributed by atoms with Gasteiger partial charge in [-0.15, -0.1) is 13.2 Å². The second-order valence-corrected chi connectivity index (χ2v) is 4.15. The highest BCUT2D eigenvalue weighted by molar-refractivity contribution is 5.74. The monoisotopic (exact) mass is 298 g/mol. The standard InChI is InChI=1S/C14H13F3N2O2/c1-20-11-6-7-13(12(18)8-11)19-9-2-4-10(5-3-9)21-14(15,16)17/h2-8,19H,18H2,1H3. The Morgan fingerprint density at radius 3 is 2.14 bits per heavy atom. The molecule has 0 aliphatic rings. The highest BCUT2D eigenvalue weighted by Gasteiger charge is 2.30. The minimum absolute atomic E-state index is 0.282. The van der Waals surface area contributed by atoms with Crippen molar-refractivity contribution in [1.82, 2.24) is 0 Å². The minimum Gasteiger partial charge on any atom is -0.497 e. The van der Waals surface area contributed by atoms with Gasteiger partial charge in [-0.2, -0.15) is 0 Å². The average Bonchev–Trinajstić information content (AvgIpc) is 2.41. The predicted molar refractivity (Wildman–Crippen MR) is 73.8 cm³/mol. The lowest BCUT2D eigenvalue weighted by Crippen LogP contribution is -2.16. The first kappa shape index (κ1) is 14.8. The number of anilines is 3. The lowest BCUT2D eigenvalue weighted by molar-refractivity contribution is -0.274. The van der Waals surface area contributed by atoms with E-state index in [1.54, 1.807) is 18.2 Å². The topological polar surface area (TPSA) is 56.5 Å². The molecule has 0 heterocycles. The fourth-order valence-electron chi connectivity index (χ4n) is 1.68. The fraction of sp³-hybridized carbons (Fsp3) is 0.143. The molecule has 0 aliphatic heterocycles. The molecular formula is C14H13F3N2O2. The molecular weight excluding hydrogens is 285 g/mol. The van der Waals surface area contributed by atoms with Gasteiger partial charge in [0.25, 0.3) is 0 Å². The summed E-state index contributed by atoms with van der Waals surface area (Å²) in [6.45, 7) is 0. The molecule has 0 radical (unpaired) electrons. The highest BCUT2D eigenvalue weighted by Crippen LogP contribution is 2.29. The second-order valence-electron chi connectivity index (χ2n) is 4.15. The van der Waals surface area contributed by atoms with Crippen molar-refractivity contribution < 1.29 is 22.6 Å². The zero-order chi connectivity index (χ0) is 15.5. The lowest BCUT2D eigenvalue weighted by atomic mass is 10.2. The van der Waals surface area contributed by atoms with E-state index in [9.17, 15) is 13.2 Å². The maximum Gasteiger partial charge on any atom is 0.573 e. The van der Waals surface area contributed by atoms with E-state index in [2.05, 4.69) is 10.1 Å². The number of nitrogens with one attached hydrogen (secondary N) is 1. The minimum atomic E-state index is -4.70. The van der Waals surface area contributed by atoms with Crippen molar-refractivity contribution in [2.75, 3.05) is 18.2 Å². The summed E-state index contributed by atoms with van der Waals surface area (Å²) >= 11 is 0. The molecule has 112 valence electrons. The van der Waals surface area contributed by atoms with Gasteiger partial charge in [0, 0.05) is 11.8 Å². The number of halogens is 3. The Hall–Kier alpha value is -2.57. The molecule has 0 saturated heterocycles. The molecule has 0 fully saturated rings. The largest absolute Gasteiger partial charge is 0.573 e. The summed E-state index contributed by atoms with van der Waals surface area (Å²) in [6, 6.07) is 10.4. The van der Waals surface area contributed by atoms with Crippen LogP contribution in [0, 0.1) is 0 Å². The molecule has 0 amide bonds. The van der Waals surface area contributed by atoms with Gasteiger partial charge in [-0.25, -0.2) is 0 Å². The van der Waals surface area contributed by atoms with Crippen LogP contribution in [0.4, 0.5) is 30.2 Å². The van der Waals surface area contributed by atoms with Crippen molar-refractivity contribution in [1.29, 1.82) is 0 Å². The number of ether oxygens (including phenoxy) is 2. The van der Waals surface area contributed by atoms with Crippen LogP contribution in [0.1, 0.15) is 0 Å². The second kappa shape index (κ2) is 5.82. The molecule has 2 aromatic rings. The van der Waals surface area contributed by atoms with E-state index in [1.165, 1.54) is 31.4 Å². The smallest absolute Gasteiger partial charge is 0.497 e. The van der Waals surface area contributed by atoms with E-state index >= 15 is 0 Å². The van der Waals surface area contributed by atoms with Crippen molar-refractivity contribution in [2.24, 2.45) is 0 Å². The third-order valence-electron chi connectivity index (χ3n) is 2.63. The lowest BCUT2D eigenvalue weighted by Gasteiger charge is -2.12. The van der Waals surface area contributed by atoms with Crippen LogP contribution in [0.5, 0.6) is 11.5 Å². The molecule has 0 atom stereocenters. The number of benzene rings is 2. The molecule has 7 heteroatoms. The Bertz CT molecular complexity index is 613. The van der Waals surface area contributed by atoms with Crippen molar-refractivity contribution in [2.45, 2.75) is 6.36 Å². The third kappa shape index (κ3) is 4.20. The maximum absolute atomic E-state index is 12.0. The van der Waals surface area contributed by atoms with Crippen LogP contribution in [0.25, 0.3) is 0 Å². The van der Waals surface area contributed by atoms with Crippen molar-refractivity contribution in [3.8, 4) is 11.5 Å². The molecule has 0 spiro atoms. The molecule has 2 aromatic carbocycles. The molecule has 0 aromatic heterocycles.